The van der Waals surface area contributed by atoms with Gasteiger partial charge in [-0.2, -0.15) is 0 Å². The lowest BCUT2D eigenvalue weighted by Gasteiger charge is -2.40. The highest BCUT2D eigenvalue weighted by Gasteiger charge is 2.64. The molecule has 2 aliphatic rings. The fourth-order valence-electron chi connectivity index (χ4n) is 4.12. The minimum absolute atomic E-state index is 0.0177. The number of anilines is 1. The van der Waals surface area contributed by atoms with E-state index < -0.39 is 35.7 Å². The number of nitrogens with zero attached hydrogens (tertiary/aromatic N) is 1. The van der Waals surface area contributed by atoms with Crippen molar-refractivity contribution in [3.63, 3.8) is 0 Å². The number of esters is 4. The third kappa shape index (κ3) is 3.53. The number of ether oxygens (including phenoxy) is 4. The number of carbonyl (C=O) groups excluding carboxylic acids is 4. The maximum Gasteiger partial charge on any atom is 0.339 e. The van der Waals surface area contributed by atoms with Gasteiger partial charge >= 0.3 is 23.9 Å². The molecule has 0 saturated heterocycles. The number of benzene rings is 1. The first-order valence-corrected chi connectivity index (χ1v) is 10.1. The highest BCUT2D eigenvalue weighted by atomic mass is 16.6. The van der Waals surface area contributed by atoms with Gasteiger partial charge in [0.2, 0.25) is 0 Å². The smallest absolute Gasteiger partial charge is 0.339 e. The molecule has 33 heavy (non-hydrogen) atoms. The molecular formula is C23H24N2O8. The van der Waals surface area contributed by atoms with Crippen LogP contribution in [-0.4, -0.2) is 51.2 Å². The first kappa shape index (κ1) is 23.6. The molecule has 1 spiro atoms. The quantitative estimate of drug-likeness (QED) is 0.362. The van der Waals surface area contributed by atoms with E-state index in [1.807, 2.05) is 0 Å². The summed E-state index contributed by atoms with van der Waals surface area (Å²) in [7, 11) is 2.26. The Bertz CT molecular complexity index is 1100. The summed E-state index contributed by atoms with van der Waals surface area (Å²) in [6.45, 7) is 5.49. The topological polar surface area (TPSA) is 134 Å². The average Bonchev–Trinajstić information content (AvgIpc) is 3.08. The zero-order valence-corrected chi connectivity index (χ0v) is 18.5. The molecule has 0 aromatic heterocycles. The lowest BCUT2D eigenvalue weighted by atomic mass is 9.66. The molecule has 2 N–H and O–H groups in total. The Balaban J connectivity index is 2.47. The van der Waals surface area contributed by atoms with E-state index in [-0.39, 0.29) is 41.4 Å². The van der Waals surface area contributed by atoms with Crippen LogP contribution < -0.4 is 10.6 Å². The summed E-state index contributed by atoms with van der Waals surface area (Å²) in [5, 5.41) is 0. The molecule has 0 amide bonds. The van der Waals surface area contributed by atoms with Gasteiger partial charge in [0.25, 0.3) is 0 Å². The van der Waals surface area contributed by atoms with Crippen molar-refractivity contribution in [1.29, 1.82) is 0 Å². The van der Waals surface area contributed by atoms with Crippen LogP contribution in [-0.2, 0) is 43.5 Å². The number of cyclic esters (lactones) is 1. The fourth-order valence-corrected chi connectivity index (χ4v) is 4.12. The van der Waals surface area contributed by atoms with Crippen molar-refractivity contribution < 1.29 is 38.1 Å². The average molecular weight is 456 g/mol. The van der Waals surface area contributed by atoms with Gasteiger partial charge in [0, 0.05) is 17.8 Å². The molecule has 174 valence electrons. The lowest BCUT2D eigenvalue weighted by Crippen LogP contribution is -2.50. The summed E-state index contributed by atoms with van der Waals surface area (Å²) in [5.41, 5.74) is 4.37. The molecule has 2 aliphatic heterocycles. The van der Waals surface area contributed by atoms with E-state index in [4.69, 9.17) is 19.9 Å². The van der Waals surface area contributed by atoms with Crippen molar-refractivity contribution in [2.24, 2.45) is 5.73 Å². The van der Waals surface area contributed by atoms with Crippen LogP contribution in [0.2, 0.25) is 0 Å². The van der Waals surface area contributed by atoms with Gasteiger partial charge < -0.3 is 29.6 Å². The molecule has 1 unspecified atom stereocenters. The second kappa shape index (κ2) is 9.19. The van der Waals surface area contributed by atoms with Crippen LogP contribution in [0.4, 0.5) is 5.69 Å². The fraction of sp³-hybridized carbons (Fsp3) is 0.304. The van der Waals surface area contributed by atoms with E-state index in [2.05, 4.69) is 11.3 Å². The van der Waals surface area contributed by atoms with Crippen LogP contribution in [0.3, 0.4) is 0 Å². The van der Waals surface area contributed by atoms with Gasteiger partial charge in [-0.3, -0.25) is 4.79 Å². The molecule has 0 saturated carbocycles. The van der Waals surface area contributed by atoms with E-state index in [1.54, 1.807) is 42.2 Å². The van der Waals surface area contributed by atoms with E-state index in [9.17, 15) is 19.2 Å². The number of hydrogen-bond donors (Lipinski definition) is 1. The number of hydrogen-bond acceptors (Lipinski definition) is 10. The zero-order valence-electron chi connectivity index (χ0n) is 18.5. The molecule has 0 radical (unpaired) electrons. The van der Waals surface area contributed by atoms with Gasteiger partial charge in [-0.05, 0) is 13.0 Å². The van der Waals surface area contributed by atoms with Crippen LogP contribution >= 0.6 is 0 Å². The Labute approximate surface area is 190 Å². The molecule has 0 bridgehead atoms. The number of para-hydroxylation sites is 1. The summed E-state index contributed by atoms with van der Waals surface area (Å²) in [6, 6.07) is 6.60. The summed E-state index contributed by atoms with van der Waals surface area (Å²) in [4.78, 5) is 53.5. The minimum Gasteiger partial charge on any atom is -0.469 e. The van der Waals surface area contributed by atoms with Crippen LogP contribution in [0.1, 0.15) is 18.9 Å². The van der Waals surface area contributed by atoms with Crippen molar-refractivity contribution in [1.82, 2.24) is 0 Å². The van der Waals surface area contributed by atoms with Crippen molar-refractivity contribution in [3.05, 3.63) is 65.2 Å². The number of methoxy groups -OCH3 is 2. The Kier molecular flexibility index (Phi) is 6.57. The zero-order chi connectivity index (χ0) is 24.3. The Morgan fingerprint density at radius 3 is 2.45 bits per heavy atom. The molecule has 1 aromatic rings. The summed E-state index contributed by atoms with van der Waals surface area (Å²) < 4.78 is 20.3. The van der Waals surface area contributed by atoms with Crippen LogP contribution in [0.25, 0.3) is 0 Å². The normalized spacial score (nSPS) is 19.2. The van der Waals surface area contributed by atoms with Crippen LogP contribution in [0.15, 0.2) is 59.6 Å². The predicted octanol–water partition coefficient (Wildman–Crippen LogP) is 1.21. The molecule has 0 aliphatic carbocycles. The standard InChI is InChI=1S/C23H24N2O8/c1-5-11-25-14-10-8-7-9-13(14)23(18(19(25)24)21(28)32-6-2)17(20(27)31-4)15(33-22(23)29)12-16(26)30-3/h5,7-10H,1,6,11-12,24H2,2-4H3. The Morgan fingerprint density at radius 2 is 1.85 bits per heavy atom. The largest absolute Gasteiger partial charge is 0.469 e. The molecule has 0 fully saturated rings. The second-order valence-corrected chi connectivity index (χ2v) is 7.08. The van der Waals surface area contributed by atoms with Crippen molar-refractivity contribution in [2.75, 3.05) is 32.3 Å². The molecule has 10 nitrogen and oxygen atoms in total. The highest BCUT2D eigenvalue weighted by Crippen LogP contribution is 2.54. The third-order valence-electron chi connectivity index (χ3n) is 5.41. The number of nitrogens with two attached hydrogens (primary N) is 1. The highest BCUT2D eigenvalue weighted by molar-refractivity contribution is 6.16. The molecular weight excluding hydrogens is 432 g/mol. The molecule has 1 aromatic carbocycles. The predicted molar refractivity (Wildman–Crippen MR) is 115 cm³/mol. The Morgan fingerprint density at radius 1 is 1.15 bits per heavy atom. The van der Waals surface area contributed by atoms with Crippen molar-refractivity contribution in [3.8, 4) is 0 Å². The maximum atomic E-state index is 13.6. The summed E-state index contributed by atoms with van der Waals surface area (Å²) in [5.74, 6) is -4.05. The van der Waals surface area contributed by atoms with Gasteiger partial charge in [-0.1, -0.05) is 24.3 Å². The SMILES string of the molecule is C=CCN1C(N)=C(C(=O)OCC)C2(C(=O)OC(CC(=O)OC)=C2C(=O)OC)c2ccccc21. The lowest BCUT2D eigenvalue weighted by molar-refractivity contribution is -0.147. The van der Waals surface area contributed by atoms with E-state index in [0.29, 0.717) is 5.69 Å². The van der Waals surface area contributed by atoms with Gasteiger partial charge in [-0.25, -0.2) is 14.4 Å². The molecule has 1 atom stereocenters. The van der Waals surface area contributed by atoms with Gasteiger partial charge in [0.05, 0.1) is 20.8 Å². The van der Waals surface area contributed by atoms with Gasteiger partial charge in [-0.15, -0.1) is 6.58 Å². The second-order valence-electron chi connectivity index (χ2n) is 7.08. The molecule has 3 rings (SSSR count). The first-order valence-electron chi connectivity index (χ1n) is 10.1. The van der Waals surface area contributed by atoms with E-state index in [1.165, 1.54) is 0 Å². The van der Waals surface area contributed by atoms with Crippen molar-refractivity contribution in [2.45, 2.75) is 18.8 Å². The number of rotatable bonds is 7. The van der Waals surface area contributed by atoms with E-state index >= 15 is 0 Å². The molecule has 2 heterocycles. The maximum absolute atomic E-state index is 13.6. The van der Waals surface area contributed by atoms with E-state index in [0.717, 1.165) is 14.2 Å². The Hall–Kier alpha value is -4.08. The summed E-state index contributed by atoms with van der Waals surface area (Å²) >= 11 is 0. The van der Waals surface area contributed by atoms with Gasteiger partial charge in [0.1, 0.15) is 29.1 Å². The van der Waals surface area contributed by atoms with Crippen molar-refractivity contribution >= 4 is 29.6 Å². The van der Waals surface area contributed by atoms with Crippen LogP contribution in [0.5, 0.6) is 0 Å². The summed E-state index contributed by atoms with van der Waals surface area (Å²) in [6.07, 6.45) is 1.03. The minimum atomic E-state index is -2.11. The van der Waals surface area contributed by atoms with Crippen LogP contribution in [0, 0.1) is 0 Å². The monoisotopic (exact) mass is 456 g/mol. The molecule has 10 heteroatoms. The van der Waals surface area contributed by atoms with Gasteiger partial charge in [0.15, 0.2) is 5.41 Å². The third-order valence-corrected chi connectivity index (χ3v) is 5.41. The first-order chi connectivity index (χ1) is 15.8. The number of fused-ring (bicyclic) bond motifs is 2. The number of carbonyl (C=O) groups is 4.